The Labute approximate surface area is 119 Å². The van der Waals surface area contributed by atoms with Crippen molar-refractivity contribution < 1.29 is 15.0 Å². The van der Waals surface area contributed by atoms with Gasteiger partial charge in [0.05, 0.1) is 22.7 Å². The number of amides is 1. The fourth-order valence-electron chi connectivity index (χ4n) is 1.29. The maximum absolute atomic E-state index is 11.7. The molecular formula is C12H15BrClNO3. The summed E-state index contributed by atoms with van der Waals surface area (Å²) in [6.07, 6.45) is -0.740. The van der Waals surface area contributed by atoms with Crippen LogP contribution in [0.15, 0.2) is 16.6 Å². The Morgan fingerprint density at radius 1 is 1.50 bits per heavy atom. The van der Waals surface area contributed by atoms with E-state index in [1.165, 1.54) is 12.1 Å². The second-order valence-electron chi connectivity index (χ2n) is 4.35. The minimum Gasteiger partial charge on any atom is -0.505 e. The number of aliphatic hydroxyl groups is 1. The minimum absolute atomic E-state index is 0.00422. The molecule has 0 aliphatic carbocycles. The molecule has 1 amide bonds. The van der Waals surface area contributed by atoms with Crippen molar-refractivity contribution in [2.45, 2.75) is 26.4 Å². The fraction of sp³-hybridized carbons (Fsp3) is 0.417. The quantitative estimate of drug-likeness (QED) is 0.740. The number of hydrogen-bond acceptors (Lipinski definition) is 3. The summed E-state index contributed by atoms with van der Waals surface area (Å²) in [5.41, 5.74) is 0.218. The predicted octanol–water partition coefficient (Wildman–Crippen LogP) is 3.15. The van der Waals surface area contributed by atoms with Gasteiger partial charge in [0.15, 0.2) is 5.75 Å². The van der Waals surface area contributed by atoms with Crippen molar-refractivity contribution in [3.8, 4) is 5.75 Å². The molecule has 0 radical (unpaired) electrons. The standard InChI is InChI=1S/C12H15BrClNO3/c1-6(2)10(16)5-11(17)15-9-4-7(14)3-8(13)12(9)18/h3-4,6,10,16,18H,5H2,1-2H3,(H,15,17). The number of anilines is 1. The maximum Gasteiger partial charge on any atom is 0.227 e. The normalized spacial score (nSPS) is 12.6. The van der Waals surface area contributed by atoms with Crippen LogP contribution in [0.25, 0.3) is 0 Å². The molecule has 6 heteroatoms. The molecule has 0 spiro atoms. The summed E-state index contributed by atoms with van der Waals surface area (Å²) < 4.78 is 0.398. The number of phenolic OH excluding ortho intramolecular Hbond substituents is 1. The zero-order valence-electron chi connectivity index (χ0n) is 10.1. The van der Waals surface area contributed by atoms with Gasteiger partial charge in [-0.05, 0) is 34.0 Å². The highest BCUT2D eigenvalue weighted by molar-refractivity contribution is 9.10. The van der Waals surface area contributed by atoms with Crippen LogP contribution in [-0.4, -0.2) is 22.2 Å². The summed E-state index contributed by atoms with van der Waals surface area (Å²) in [4.78, 5) is 11.7. The van der Waals surface area contributed by atoms with Gasteiger partial charge in [-0.3, -0.25) is 4.79 Å². The molecule has 100 valence electrons. The lowest BCUT2D eigenvalue weighted by atomic mass is 10.0. The van der Waals surface area contributed by atoms with E-state index in [2.05, 4.69) is 21.2 Å². The van der Waals surface area contributed by atoms with E-state index in [-0.39, 0.29) is 29.7 Å². The van der Waals surface area contributed by atoms with Crippen molar-refractivity contribution in [3.63, 3.8) is 0 Å². The Hall–Kier alpha value is -0.780. The fourth-order valence-corrected chi connectivity index (χ4v) is 2.10. The molecule has 1 atom stereocenters. The van der Waals surface area contributed by atoms with Crippen LogP contribution >= 0.6 is 27.5 Å². The predicted molar refractivity (Wildman–Crippen MR) is 74.9 cm³/mol. The lowest BCUT2D eigenvalue weighted by Crippen LogP contribution is -2.23. The van der Waals surface area contributed by atoms with Gasteiger partial charge in [0.1, 0.15) is 0 Å². The molecule has 4 nitrogen and oxygen atoms in total. The number of benzene rings is 1. The summed E-state index contributed by atoms with van der Waals surface area (Å²) in [5, 5.41) is 22.2. The molecule has 1 rings (SSSR count). The first-order chi connectivity index (χ1) is 8.31. The lowest BCUT2D eigenvalue weighted by Gasteiger charge is -2.15. The molecular weight excluding hydrogens is 321 g/mol. The van der Waals surface area contributed by atoms with Crippen LogP contribution < -0.4 is 5.32 Å². The molecule has 0 bridgehead atoms. The van der Waals surface area contributed by atoms with Crippen molar-refractivity contribution in [3.05, 3.63) is 21.6 Å². The van der Waals surface area contributed by atoms with E-state index in [0.717, 1.165) is 0 Å². The second kappa shape index (κ2) is 6.41. The molecule has 1 aromatic rings. The van der Waals surface area contributed by atoms with Gasteiger partial charge in [-0.15, -0.1) is 0 Å². The van der Waals surface area contributed by atoms with E-state index < -0.39 is 6.10 Å². The number of nitrogens with one attached hydrogen (secondary N) is 1. The molecule has 1 unspecified atom stereocenters. The first-order valence-corrected chi connectivity index (χ1v) is 6.64. The van der Waals surface area contributed by atoms with Crippen LogP contribution in [0.2, 0.25) is 5.02 Å². The van der Waals surface area contributed by atoms with Crippen molar-refractivity contribution in [2.24, 2.45) is 5.92 Å². The number of phenols is 1. The third-order valence-electron chi connectivity index (χ3n) is 2.47. The molecule has 0 aliphatic heterocycles. The second-order valence-corrected chi connectivity index (χ2v) is 5.64. The van der Waals surface area contributed by atoms with E-state index >= 15 is 0 Å². The Bertz CT molecular complexity index is 451. The number of halogens is 2. The first kappa shape index (κ1) is 15.3. The van der Waals surface area contributed by atoms with Gasteiger partial charge in [-0.2, -0.15) is 0 Å². The van der Waals surface area contributed by atoms with Crippen molar-refractivity contribution in [1.29, 1.82) is 0 Å². The molecule has 0 heterocycles. The molecule has 0 fully saturated rings. The van der Waals surface area contributed by atoms with Crippen molar-refractivity contribution in [1.82, 2.24) is 0 Å². The largest absolute Gasteiger partial charge is 0.505 e. The smallest absolute Gasteiger partial charge is 0.227 e. The molecule has 0 saturated heterocycles. The third kappa shape index (κ3) is 4.15. The van der Waals surface area contributed by atoms with Gasteiger partial charge in [0.25, 0.3) is 0 Å². The van der Waals surface area contributed by atoms with Crippen LogP contribution in [-0.2, 0) is 4.79 Å². The highest BCUT2D eigenvalue weighted by Gasteiger charge is 2.16. The summed E-state index contributed by atoms with van der Waals surface area (Å²) in [6.45, 7) is 3.65. The average molecular weight is 337 g/mol. The monoisotopic (exact) mass is 335 g/mol. The van der Waals surface area contributed by atoms with Gasteiger partial charge < -0.3 is 15.5 Å². The molecule has 3 N–H and O–H groups in total. The van der Waals surface area contributed by atoms with Crippen LogP contribution in [0, 0.1) is 5.92 Å². The van der Waals surface area contributed by atoms with Crippen LogP contribution in [0.5, 0.6) is 5.75 Å². The van der Waals surface area contributed by atoms with Crippen molar-refractivity contribution in [2.75, 3.05) is 5.32 Å². The zero-order chi connectivity index (χ0) is 13.9. The zero-order valence-corrected chi connectivity index (χ0v) is 12.4. The Morgan fingerprint density at radius 3 is 2.67 bits per heavy atom. The number of hydrogen-bond donors (Lipinski definition) is 3. The van der Waals surface area contributed by atoms with Crippen LogP contribution in [0.3, 0.4) is 0 Å². The Kier molecular flexibility index (Phi) is 5.44. The molecule has 0 aromatic heterocycles. The van der Waals surface area contributed by atoms with E-state index in [4.69, 9.17) is 11.6 Å². The van der Waals surface area contributed by atoms with Crippen molar-refractivity contribution >= 4 is 39.1 Å². The number of carbonyl (C=O) groups excluding carboxylic acids is 1. The van der Waals surface area contributed by atoms with Gasteiger partial charge >= 0.3 is 0 Å². The Balaban J connectivity index is 2.76. The highest BCUT2D eigenvalue weighted by atomic mass is 79.9. The van der Waals surface area contributed by atoms with Crippen LogP contribution in [0.1, 0.15) is 20.3 Å². The van der Waals surface area contributed by atoms with E-state index in [9.17, 15) is 15.0 Å². The van der Waals surface area contributed by atoms with Gasteiger partial charge in [-0.1, -0.05) is 25.4 Å². The molecule has 1 aromatic carbocycles. The molecule has 0 aliphatic rings. The molecule has 18 heavy (non-hydrogen) atoms. The van der Waals surface area contributed by atoms with E-state index in [1.54, 1.807) is 0 Å². The SMILES string of the molecule is CC(C)C(O)CC(=O)Nc1cc(Cl)cc(Br)c1O. The number of rotatable bonds is 4. The average Bonchev–Trinajstić information content (AvgIpc) is 2.24. The summed E-state index contributed by atoms with van der Waals surface area (Å²) in [6, 6.07) is 2.97. The van der Waals surface area contributed by atoms with Gasteiger partial charge in [0.2, 0.25) is 5.91 Å². The van der Waals surface area contributed by atoms with E-state index in [1.807, 2.05) is 13.8 Å². The number of aromatic hydroxyl groups is 1. The highest BCUT2D eigenvalue weighted by Crippen LogP contribution is 2.35. The minimum atomic E-state index is -0.713. The van der Waals surface area contributed by atoms with Gasteiger partial charge in [-0.25, -0.2) is 0 Å². The Morgan fingerprint density at radius 2 is 2.11 bits per heavy atom. The maximum atomic E-state index is 11.7. The van der Waals surface area contributed by atoms with Gasteiger partial charge in [0, 0.05) is 5.02 Å². The summed E-state index contributed by atoms with van der Waals surface area (Å²) in [7, 11) is 0. The first-order valence-electron chi connectivity index (χ1n) is 5.47. The number of aliphatic hydroxyl groups excluding tert-OH is 1. The number of carbonyl (C=O) groups is 1. The topological polar surface area (TPSA) is 69.6 Å². The van der Waals surface area contributed by atoms with E-state index in [0.29, 0.717) is 9.50 Å². The lowest BCUT2D eigenvalue weighted by molar-refractivity contribution is -0.118. The van der Waals surface area contributed by atoms with Crippen LogP contribution in [0.4, 0.5) is 5.69 Å². The summed E-state index contributed by atoms with van der Waals surface area (Å²) >= 11 is 8.95. The summed E-state index contributed by atoms with van der Waals surface area (Å²) in [5.74, 6) is -0.470. The molecule has 0 saturated carbocycles. The third-order valence-corrected chi connectivity index (χ3v) is 3.29.